The second-order valence-corrected chi connectivity index (χ2v) is 6.16. The van der Waals surface area contributed by atoms with Crippen LogP contribution >= 0.6 is 15.9 Å². The van der Waals surface area contributed by atoms with Crippen LogP contribution in [0.1, 0.15) is 31.4 Å². The second kappa shape index (κ2) is 5.43. The molecule has 0 saturated carbocycles. The van der Waals surface area contributed by atoms with Gasteiger partial charge in [-0.1, -0.05) is 35.8 Å². The van der Waals surface area contributed by atoms with E-state index in [9.17, 15) is 0 Å². The van der Waals surface area contributed by atoms with Gasteiger partial charge in [-0.3, -0.25) is 0 Å². The van der Waals surface area contributed by atoms with Crippen LogP contribution in [0, 0.1) is 18.8 Å². The van der Waals surface area contributed by atoms with Crippen LogP contribution in [0.25, 0.3) is 0 Å². The normalized spacial score (nSPS) is 25.1. The van der Waals surface area contributed by atoms with Crippen LogP contribution in [0.15, 0.2) is 18.2 Å². The SMILES string of the molecule is Cc1cc(N2CC(C)CC(C)C2)ccc1CBr. The molecule has 2 heteroatoms. The summed E-state index contributed by atoms with van der Waals surface area (Å²) in [6, 6.07) is 6.86. The second-order valence-electron chi connectivity index (χ2n) is 5.60. The Bertz CT molecular complexity index is 379. The molecule has 17 heavy (non-hydrogen) atoms. The highest BCUT2D eigenvalue weighted by Gasteiger charge is 2.22. The minimum Gasteiger partial charge on any atom is -0.371 e. The maximum atomic E-state index is 3.53. The number of aryl methyl sites for hydroxylation is 1. The fourth-order valence-electron chi connectivity index (χ4n) is 2.90. The number of alkyl halides is 1. The Hall–Kier alpha value is -0.500. The Morgan fingerprint density at radius 3 is 2.41 bits per heavy atom. The number of halogens is 1. The van der Waals surface area contributed by atoms with Crippen molar-refractivity contribution >= 4 is 21.6 Å². The molecule has 1 heterocycles. The highest BCUT2D eigenvalue weighted by Crippen LogP contribution is 2.28. The van der Waals surface area contributed by atoms with E-state index in [1.807, 2.05) is 0 Å². The maximum Gasteiger partial charge on any atom is 0.0369 e. The molecule has 0 spiro atoms. The summed E-state index contributed by atoms with van der Waals surface area (Å²) in [5.74, 6) is 1.63. The van der Waals surface area contributed by atoms with Gasteiger partial charge >= 0.3 is 0 Å². The molecule has 2 rings (SSSR count). The van der Waals surface area contributed by atoms with E-state index < -0.39 is 0 Å². The number of anilines is 1. The summed E-state index contributed by atoms with van der Waals surface area (Å²) in [6.07, 6.45) is 1.37. The standard InChI is InChI=1S/C15H22BrN/c1-11-6-12(2)10-17(9-11)15-5-4-14(8-16)13(3)7-15/h4-5,7,11-12H,6,8-10H2,1-3H3. The van der Waals surface area contributed by atoms with Crippen LogP contribution in [-0.4, -0.2) is 13.1 Å². The molecule has 0 aliphatic carbocycles. The molecule has 1 nitrogen and oxygen atoms in total. The van der Waals surface area contributed by atoms with Crippen LogP contribution in [0.4, 0.5) is 5.69 Å². The molecule has 0 aromatic heterocycles. The molecule has 0 N–H and O–H groups in total. The molecular formula is C15H22BrN. The molecule has 1 aliphatic heterocycles. The first kappa shape index (κ1) is 12.9. The molecule has 1 aromatic carbocycles. The third-order valence-electron chi connectivity index (χ3n) is 3.70. The highest BCUT2D eigenvalue weighted by molar-refractivity contribution is 9.08. The first-order chi connectivity index (χ1) is 8.10. The lowest BCUT2D eigenvalue weighted by atomic mass is 9.91. The monoisotopic (exact) mass is 295 g/mol. The molecule has 1 aromatic rings. The zero-order valence-electron chi connectivity index (χ0n) is 11.0. The van der Waals surface area contributed by atoms with Crippen molar-refractivity contribution in [3.63, 3.8) is 0 Å². The largest absolute Gasteiger partial charge is 0.371 e. The molecule has 0 radical (unpaired) electrons. The summed E-state index contributed by atoms with van der Waals surface area (Å²) < 4.78 is 0. The van der Waals surface area contributed by atoms with Crippen molar-refractivity contribution in [2.75, 3.05) is 18.0 Å². The van der Waals surface area contributed by atoms with Crippen LogP contribution < -0.4 is 4.90 Å². The van der Waals surface area contributed by atoms with Crippen molar-refractivity contribution in [3.8, 4) is 0 Å². The molecule has 2 unspecified atom stereocenters. The molecule has 0 amide bonds. The summed E-state index contributed by atoms with van der Waals surface area (Å²) in [5.41, 5.74) is 4.18. The Morgan fingerprint density at radius 2 is 1.88 bits per heavy atom. The zero-order chi connectivity index (χ0) is 12.4. The Labute approximate surface area is 113 Å². The van der Waals surface area contributed by atoms with Crippen LogP contribution in [0.5, 0.6) is 0 Å². The van der Waals surface area contributed by atoms with Gasteiger partial charge in [-0.05, 0) is 48.4 Å². The fourth-order valence-corrected chi connectivity index (χ4v) is 3.53. The molecular weight excluding hydrogens is 274 g/mol. The quantitative estimate of drug-likeness (QED) is 0.732. The topological polar surface area (TPSA) is 3.24 Å². The van der Waals surface area contributed by atoms with Crippen LogP contribution in [0.2, 0.25) is 0 Å². The summed E-state index contributed by atoms with van der Waals surface area (Å²) in [4.78, 5) is 2.55. The van der Waals surface area contributed by atoms with Crippen molar-refractivity contribution < 1.29 is 0 Å². The van der Waals surface area contributed by atoms with E-state index in [0.29, 0.717) is 0 Å². The Kier molecular flexibility index (Phi) is 4.13. The third-order valence-corrected chi connectivity index (χ3v) is 4.31. The first-order valence-electron chi connectivity index (χ1n) is 6.50. The summed E-state index contributed by atoms with van der Waals surface area (Å²) in [5, 5.41) is 0.950. The smallest absolute Gasteiger partial charge is 0.0369 e. The van der Waals surface area contributed by atoms with Crippen molar-refractivity contribution in [1.82, 2.24) is 0 Å². The minimum atomic E-state index is 0.815. The third kappa shape index (κ3) is 3.04. The molecule has 1 aliphatic rings. The van der Waals surface area contributed by atoms with Crippen molar-refractivity contribution in [3.05, 3.63) is 29.3 Å². The van der Waals surface area contributed by atoms with Gasteiger partial charge in [-0.25, -0.2) is 0 Å². The molecule has 94 valence electrons. The van der Waals surface area contributed by atoms with E-state index in [1.165, 1.54) is 36.3 Å². The van der Waals surface area contributed by atoms with Gasteiger partial charge in [0.2, 0.25) is 0 Å². The van der Waals surface area contributed by atoms with Crippen LogP contribution in [0.3, 0.4) is 0 Å². The van der Waals surface area contributed by atoms with Crippen molar-refractivity contribution in [2.24, 2.45) is 11.8 Å². The number of hydrogen-bond donors (Lipinski definition) is 0. The molecule has 1 fully saturated rings. The molecule has 1 saturated heterocycles. The molecule has 2 atom stereocenters. The van der Waals surface area contributed by atoms with Gasteiger partial charge in [-0.2, -0.15) is 0 Å². The lowest BCUT2D eigenvalue weighted by Gasteiger charge is -2.37. The number of rotatable bonds is 2. The first-order valence-corrected chi connectivity index (χ1v) is 7.62. The number of piperidine rings is 1. The van der Waals surface area contributed by atoms with Gasteiger partial charge in [-0.15, -0.1) is 0 Å². The Balaban J connectivity index is 2.19. The van der Waals surface area contributed by atoms with Crippen molar-refractivity contribution in [2.45, 2.75) is 32.5 Å². The lowest BCUT2D eigenvalue weighted by Crippen LogP contribution is -2.38. The minimum absolute atomic E-state index is 0.815. The van der Waals surface area contributed by atoms with E-state index in [4.69, 9.17) is 0 Å². The Morgan fingerprint density at radius 1 is 1.24 bits per heavy atom. The van der Waals surface area contributed by atoms with Gasteiger partial charge in [0.25, 0.3) is 0 Å². The highest BCUT2D eigenvalue weighted by atomic mass is 79.9. The van der Waals surface area contributed by atoms with E-state index in [2.05, 4.69) is 59.8 Å². The predicted molar refractivity (Wildman–Crippen MR) is 79.0 cm³/mol. The predicted octanol–water partition coefficient (Wildman–Crippen LogP) is 4.37. The van der Waals surface area contributed by atoms with Gasteiger partial charge in [0, 0.05) is 24.1 Å². The fraction of sp³-hybridized carbons (Fsp3) is 0.600. The molecule has 0 bridgehead atoms. The number of nitrogens with zero attached hydrogens (tertiary/aromatic N) is 1. The van der Waals surface area contributed by atoms with Crippen LogP contribution in [-0.2, 0) is 5.33 Å². The average Bonchev–Trinajstić information content (AvgIpc) is 2.27. The van der Waals surface area contributed by atoms with E-state index in [1.54, 1.807) is 0 Å². The summed E-state index contributed by atoms with van der Waals surface area (Å²) >= 11 is 3.53. The maximum absolute atomic E-state index is 3.53. The van der Waals surface area contributed by atoms with E-state index in [-0.39, 0.29) is 0 Å². The lowest BCUT2D eigenvalue weighted by molar-refractivity contribution is 0.357. The van der Waals surface area contributed by atoms with Gasteiger partial charge in [0.15, 0.2) is 0 Å². The average molecular weight is 296 g/mol. The van der Waals surface area contributed by atoms with Gasteiger partial charge < -0.3 is 4.90 Å². The summed E-state index contributed by atoms with van der Waals surface area (Å²) in [6.45, 7) is 9.34. The van der Waals surface area contributed by atoms with Crippen molar-refractivity contribution in [1.29, 1.82) is 0 Å². The number of benzene rings is 1. The van der Waals surface area contributed by atoms with Gasteiger partial charge in [0.05, 0.1) is 0 Å². The van der Waals surface area contributed by atoms with E-state index in [0.717, 1.165) is 17.2 Å². The summed E-state index contributed by atoms with van der Waals surface area (Å²) in [7, 11) is 0. The number of hydrogen-bond acceptors (Lipinski definition) is 1. The van der Waals surface area contributed by atoms with Gasteiger partial charge in [0.1, 0.15) is 0 Å². The zero-order valence-corrected chi connectivity index (χ0v) is 12.6. The van der Waals surface area contributed by atoms with E-state index >= 15 is 0 Å².